The van der Waals surface area contributed by atoms with Gasteiger partial charge in [-0.1, -0.05) is 39.3 Å². The van der Waals surface area contributed by atoms with Gasteiger partial charge in [-0.15, -0.1) is 0 Å². The lowest BCUT2D eigenvalue weighted by atomic mass is 9.66. The van der Waals surface area contributed by atoms with Gasteiger partial charge in [-0.3, -0.25) is 0 Å². The Kier molecular flexibility index (Phi) is 4.00. The third-order valence-corrected chi connectivity index (χ3v) is 4.63. The predicted molar refractivity (Wildman–Crippen MR) is 78.8 cm³/mol. The smallest absolute Gasteiger partial charge is 0.126 e. The van der Waals surface area contributed by atoms with E-state index < -0.39 is 0 Å². The first-order valence-electron chi connectivity index (χ1n) is 7.35. The summed E-state index contributed by atoms with van der Waals surface area (Å²) in [5.74, 6) is -0.0894. The van der Waals surface area contributed by atoms with Crippen LogP contribution in [0.2, 0.25) is 0 Å². The van der Waals surface area contributed by atoms with Crippen LogP contribution in [-0.4, -0.2) is 6.54 Å². The molecule has 1 aromatic rings. The Morgan fingerprint density at radius 2 is 1.95 bits per heavy atom. The van der Waals surface area contributed by atoms with Crippen molar-refractivity contribution in [2.45, 2.75) is 58.3 Å². The van der Waals surface area contributed by atoms with E-state index in [1.54, 1.807) is 6.07 Å². The van der Waals surface area contributed by atoms with Gasteiger partial charge < -0.3 is 5.73 Å². The van der Waals surface area contributed by atoms with Gasteiger partial charge >= 0.3 is 0 Å². The van der Waals surface area contributed by atoms with Crippen LogP contribution in [-0.2, 0) is 11.8 Å². The minimum absolute atomic E-state index is 0.0894. The summed E-state index contributed by atoms with van der Waals surface area (Å²) in [4.78, 5) is 0. The molecule has 1 aromatic carbocycles. The molecule has 0 heterocycles. The van der Waals surface area contributed by atoms with Gasteiger partial charge in [0.05, 0.1) is 0 Å². The molecule has 1 saturated carbocycles. The van der Waals surface area contributed by atoms with E-state index >= 15 is 0 Å². The molecular formula is C17H26FN. The lowest BCUT2D eigenvalue weighted by Crippen LogP contribution is -2.37. The maximum absolute atomic E-state index is 13.9. The molecule has 1 aliphatic carbocycles. The van der Waals surface area contributed by atoms with Gasteiger partial charge in [0.1, 0.15) is 5.82 Å². The van der Waals surface area contributed by atoms with E-state index in [4.69, 9.17) is 5.73 Å². The zero-order valence-electron chi connectivity index (χ0n) is 12.4. The summed E-state index contributed by atoms with van der Waals surface area (Å²) in [6.07, 6.45) is 5.99. The van der Waals surface area contributed by atoms with Crippen molar-refractivity contribution in [2.75, 3.05) is 6.54 Å². The number of benzene rings is 1. The van der Waals surface area contributed by atoms with Crippen LogP contribution < -0.4 is 5.73 Å². The maximum Gasteiger partial charge on any atom is 0.126 e. The lowest BCUT2D eigenvalue weighted by Gasteiger charge is -2.41. The molecule has 2 rings (SSSR count). The summed E-state index contributed by atoms with van der Waals surface area (Å²) < 4.78 is 13.9. The van der Waals surface area contributed by atoms with Crippen LogP contribution in [0.4, 0.5) is 4.39 Å². The number of halogens is 1. The first-order chi connectivity index (χ1) is 8.86. The molecule has 0 atom stereocenters. The fourth-order valence-electron chi connectivity index (χ4n) is 2.95. The molecule has 2 N–H and O–H groups in total. The number of hydrogen-bond donors (Lipinski definition) is 1. The van der Waals surface area contributed by atoms with Gasteiger partial charge in [0.25, 0.3) is 0 Å². The molecule has 0 amide bonds. The normalized spacial score (nSPS) is 18.2. The SMILES string of the molecule is CC(C)(C)c1cc(CCC2(CN)CCC2)ccc1F. The zero-order chi connectivity index (χ0) is 14.1. The van der Waals surface area contributed by atoms with Crippen LogP contribution in [0.3, 0.4) is 0 Å². The van der Waals surface area contributed by atoms with E-state index in [2.05, 4.69) is 20.8 Å². The molecular weight excluding hydrogens is 237 g/mol. The fraction of sp³-hybridized carbons (Fsp3) is 0.647. The van der Waals surface area contributed by atoms with Gasteiger partial charge in [0.2, 0.25) is 0 Å². The Bertz CT molecular complexity index is 436. The summed E-state index contributed by atoms with van der Waals surface area (Å²) in [5.41, 5.74) is 8.19. The molecule has 0 bridgehead atoms. The van der Waals surface area contributed by atoms with Crippen molar-refractivity contribution in [3.63, 3.8) is 0 Å². The predicted octanol–water partition coefficient (Wildman–Crippen LogP) is 4.18. The molecule has 2 heteroatoms. The Hall–Kier alpha value is -0.890. The number of nitrogens with two attached hydrogens (primary N) is 1. The van der Waals surface area contributed by atoms with Crippen molar-refractivity contribution in [3.8, 4) is 0 Å². The van der Waals surface area contributed by atoms with Gasteiger partial charge in [0, 0.05) is 0 Å². The third kappa shape index (κ3) is 3.17. The summed E-state index contributed by atoms with van der Waals surface area (Å²) >= 11 is 0. The fourth-order valence-corrected chi connectivity index (χ4v) is 2.95. The van der Waals surface area contributed by atoms with E-state index in [9.17, 15) is 4.39 Å². The highest BCUT2D eigenvalue weighted by molar-refractivity contribution is 5.30. The second-order valence-electron chi connectivity index (χ2n) is 7.12. The van der Waals surface area contributed by atoms with E-state index in [-0.39, 0.29) is 11.2 Å². The average Bonchev–Trinajstić information content (AvgIpc) is 2.28. The van der Waals surface area contributed by atoms with Crippen molar-refractivity contribution < 1.29 is 4.39 Å². The minimum atomic E-state index is -0.137. The molecule has 0 saturated heterocycles. The summed E-state index contributed by atoms with van der Waals surface area (Å²) in [5, 5.41) is 0. The molecule has 0 aliphatic heterocycles. The van der Waals surface area contributed by atoms with Crippen molar-refractivity contribution in [2.24, 2.45) is 11.1 Å². The molecule has 1 aliphatic rings. The molecule has 0 unspecified atom stereocenters. The molecule has 0 aromatic heterocycles. The van der Waals surface area contributed by atoms with Crippen LogP contribution >= 0.6 is 0 Å². The second-order valence-corrected chi connectivity index (χ2v) is 7.12. The number of rotatable bonds is 4. The van der Waals surface area contributed by atoms with Crippen LogP contribution in [0.1, 0.15) is 57.6 Å². The largest absolute Gasteiger partial charge is 0.330 e. The Morgan fingerprint density at radius 1 is 1.26 bits per heavy atom. The van der Waals surface area contributed by atoms with Crippen LogP contribution in [0.5, 0.6) is 0 Å². The average molecular weight is 263 g/mol. The van der Waals surface area contributed by atoms with E-state index in [0.717, 1.165) is 24.9 Å². The topological polar surface area (TPSA) is 26.0 Å². The zero-order valence-corrected chi connectivity index (χ0v) is 12.4. The van der Waals surface area contributed by atoms with Gasteiger partial charge in [-0.25, -0.2) is 4.39 Å². The number of hydrogen-bond acceptors (Lipinski definition) is 1. The number of aryl methyl sites for hydroxylation is 1. The third-order valence-electron chi connectivity index (χ3n) is 4.63. The molecule has 0 spiro atoms. The molecule has 1 nitrogen and oxygen atoms in total. The molecule has 0 radical (unpaired) electrons. The van der Waals surface area contributed by atoms with Crippen molar-refractivity contribution in [1.82, 2.24) is 0 Å². The van der Waals surface area contributed by atoms with Crippen molar-refractivity contribution in [1.29, 1.82) is 0 Å². The highest BCUT2D eigenvalue weighted by atomic mass is 19.1. The highest BCUT2D eigenvalue weighted by Crippen LogP contribution is 2.43. The highest BCUT2D eigenvalue weighted by Gasteiger charge is 2.34. The quantitative estimate of drug-likeness (QED) is 0.866. The molecule has 1 fully saturated rings. The van der Waals surface area contributed by atoms with Gasteiger partial charge in [-0.2, -0.15) is 0 Å². The standard InChI is InChI=1S/C17H26FN/c1-16(2,3)14-11-13(5-6-15(14)18)7-10-17(12-19)8-4-9-17/h5-6,11H,4,7-10,12,19H2,1-3H3. The molecule has 106 valence electrons. The van der Waals surface area contributed by atoms with E-state index in [1.807, 2.05) is 12.1 Å². The first kappa shape index (κ1) is 14.5. The minimum Gasteiger partial charge on any atom is -0.330 e. The van der Waals surface area contributed by atoms with Crippen LogP contribution in [0, 0.1) is 11.2 Å². The second kappa shape index (κ2) is 5.24. The van der Waals surface area contributed by atoms with E-state index in [0.29, 0.717) is 5.41 Å². The Morgan fingerprint density at radius 3 is 2.42 bits per heavy atom. The van der Waals surface area contributed by atoms with Gasteiger partial charge in [-0.05, 0) is 60.3 Å². The lowest BCUT2D eigenvalue weighted by molar-refractivity contribution is 0.131. The summed E-state index contributed by atoms with van der Waals surface area (Å²) in [6, 6.07) is 5.58. The Labute approximate surface area is 116 Å². The monoisotopic (exact) mass is 263 g/mol. The van der Waals surface area contributed by atoms with Crippen LogP contribution in [0.15, 0.2) is 18.2 Å². The van der Waals surface area contributed by atoms with Crippen molar-refractivity contribution in [3.05, 3.63) is 35.1 Å². The van der Waals surface area contributed by atoms with E-state index in [1.165, 1.54) is 24.8 Å². The van der Waals surface area contributed by atoms with Crippen molar-refractivity contribution >= 4 is 0 Å². The first-order valence-corrected chi connectivity index (χ1v) is 7.35. The van der Waals surface area contributed by atoms with Crippen LogP contribution in [0.25, 0.3) is 0 Å². The maximum atomic E-state index is 13.9. The Balaban J connectivity index is 2.09. The molecule has 19 heavy (non-hydrogen) atoms. The summed E-state index contributed by atoms with van der Waals surface area (Å²) in [6.45, 7) is 6.97. The summed E-state index contributed by atoms with van der Waals surface area (Å²) in [7, 11) is 0. The van der Waals surface area contributed by atoms with Gasteiger partial charge in [0.15, 0.2) is 0 Å².